The molecular weight excluding hydrogens is 387 g/mol. The van der Waals surface area contributed by atoms with Crippen LogP contribution in [0.1, 0.15) is 15.9 Å². The Morgan fingerprint density at radius 2 is 2.00 bits per heavy atom. The summed E-state index contributed by atoms with van der Waals surface area (Å²) in [4.78, 5) is 18.0. The fraction of sp³-hybridized carbons (Fsp3) is 0.150. The Morgan fingerprint density at radius 3 is 2.73 bits per heavy atom. The maximum Gasteiger partial charge on any atom is 0.272 e. The Hall–Kier alpha value is -4.08. The van der Waals surface area contributed by atoms with Crippen LogP contribution in [0.4, 0.5) is 16.0 Å². The number of anilines is 2. The van der Waals surface area contributed by atoms with Crippen molar-refractivity contribution in [3.63, 3.8) is 0 Å². The van der Waals surface area contributed by atoms with Crippen molar-refractivity contribution in [3.05, 3.63) is 65.6 Å². The topological polar surface area (TPSA) is 115 Å². The van der Waals surface area contributed by atoms with Crippen molar-refractivity contribution in [3.8, 4) is 5.95 Å². The van der Waals surface area contributed by atoms with Crippen molar-refractivity contribution in [2.45, 2.75) is 6.54 Å². The number of benzene rings is 2. The van der Waals surface area contributed by atoms with Gasteiger partial charge in [0.2, 0.25) is 5.91 Å². The standard InChI is InChI=1S/C20H19FN8O/c1-28(2)19-18(23-10-12-5-3-6-13(21)9-12)25-20(27-26-19)29-16-8-4-7-14(17(22)30)15(16)11-24-29/h3-9,11H,10H2,1-2H3,(H2,22,30)(H,23,25,27). The van der Waals surface area contributed by atoms with E-state index >= 15 is 0 Å². The van der Waals surface area contributed by atoms with E-state index in [9.17, 15) is 9.18 Å². The molecular formula is C20H19FN8O. The molecule has 0 spiro atoms. The number of rotatable bonds is 6. The molecule has 2 heterocycles. The number of hydrogen-bond donors (Lipinski definition) is 2. The molecule has 0 saturated carbocycles. The SMILES string of the molecule is CN(C)c1nnc(-n2ncc3c(C(N)=O)cccc32)nc1NCc1cccc(F)c1. The van der Waals surface area contributed by atoms with Gasteiger partial charge in [-0.2, -0.15) is 14.8 Å². The first-order chi connectivity index (χ1) is 14.4. The van der Waals surface area contributed by atoms with Gasteiger partial charge in [0.1, 0.15) is 5.82 Å². The highest BCUT2D eigenvalue weighted by Gasteiger charge is 2.16. The molecule has 30 heavy (non-hydrogen) atoms. The number of nitrogens with two attached hydrogens (primary N) is 1. The minimum Gasteiger partial charge on any atom is -0.366 e. The van der Waals surface area contributed by atoms with Gasteiger partial charge in [0, 0.05) is 26.0 Å². The van der Waals surface area contributed by atoms with Crippen molar-refractivity contribution >= 4 is 28.4 Å². The molecule has 152 valence electrons. The summed E-state index contributed by atoms with van der Waals surface area (Å²) in [5.74, 6) is 0.351. The fourth-order valence-corrected chi connectivity index (χ4v) is 3.08. The quantitative estimate of drug-likeness (QED) is 0.504. The fourth-order valence-electron chi connectivity index (χ4n) is 3.08. The van der Waals surface area contributed by atoms with E-state index in [1.54, 1.807) is 35.4 Å². The highest BCUT2D eigenvalue weighted by molar-refractivity contribution is 6.05. The van der Waals surface area contributed by atoms with Crippen LogP contribution in [-0.4, -0.2) is 45.0 Å². The molecule has 4 aromatic rings. The van der Waals surface area contributed by atoms with Crippen LogP contribution >= 0.6 is 0 Å². The van der Waals surface area contributed by atoms with Gasteiger partial charge in [0.15, 0.2) is 11.6 Å². The zero-order chi connectivity index (χ0) is 21.3. The molecule has 0 fully saturated rings. The van der Waals surface area contributed by atoms with Crippen molar-refractivity contribution in [1.29, 1.82) is 0 Å². The molecule has 0 unspecified atom stereocenters. The molecule has 4 rings (SSSR count). The summed E-state index contributed by atoms with van der Waals surface area (Å²) < 4.78 is 15.0. The molecule has 10 heteroatoms. The lowest BCUT2D eigenvalue weighted by atomic mass is 10.1. The van der Waals surface area contributed by atoms with Crippen LogP contribution in [0.2, 0.25) is 0 Å². The van der Waals surface area contributed by atoms with E-state index in [0.717, 1.165) is 5.56 Å². The second-order valence-corrected chi connectivity index (χ2v) is 6.82. The summed E-state index contributed by atoms with van der Waals surface area (Å²) in [5.41, 5.74) is 7.20. The Balaban J connectivity index is 1.73. The maximum absolute atomic E-state index is 13.5. The summed E-state index contributed by atoms with van der Waals surface area (Å²) >= 11 is 0. The number of carbonyl (C=O) groups is 1. The molecule has 0 bridgehead atoms. The van der Waals surface area contributed by atoms with Gasteiger partial charge in [-0.15, -0.1) is 10.2 Å². The van der Waals surface area contributed by atoms with Crippen molar-refractivity contribution < 1.29 is 9.18 Å². The molecule has 0 aliphatic rings. The van der Waals surface area contributed by atoms with E-state index in [1.807, 2.05) is 20.2 Å². The highest BCUT2D eigenvalue weighted by atomic mass is 19.1. The number of aromatic nitrogens is 5. The predicted octanol–water partition coefficient (Wildman–Crippen LogP) is 2.13. The Kier molecular flexibility index (Phi) is 4.97. The molecule has 0 atom stereocenters. The van der Waals surface area contributed by atoms with Gasteiger partial charge in [0.05, 0.1) is 17.3 Å². The molecule has 0 radical (unpaired) electrons. The van der Waals surface area contributed by atoms with Crippen molar-refractivity contribution in [2.24, 2.45) is 5.73 Å². The summed E-state index contributed by atoms with van der Waals surface area (Å²) in [6, 6.07) is 11.4. The molecule has 9 nitrogen and oxygen atoms in total. The number of nitrogens with zero attached hydrogens (tertiary/aromatic N) is 6. The van der Waals surface area contributed by atoms with Gasteiger partial charge in [-0.1, -0.05) is 18.2 Å². The smallest absolute Gasteiger partial charge is 0.272 e. The Bertz CT molecular complexity index is 1240. The van der Waals surface area contributed by atoms with E-state index in [-0.39, 0.29) is 11.8 Å². The molecule has 0 aliphatic heterocycles. The summed E-state index contributed by atoms with van der Waals surface area (Å²) in [7, 11) is 3.64. The van der Waals surface area contributed by atoms with Crippen LogP contribution in [0.3, 0.4) is 0 Å². The largest absolute Gasteiger partial charge is 0.366 e. The minimum atomic E-state index is -0.542. The monoisotopic (exact) mass is 406 g/mol. The van der Waals surface area contributed by atoms with Crippen LogP contribution in [0.25, 0.3) is 16.9 Å². The number of hydrogen-bond acceptors (Lipinski definition) is 7. The van der Waals surface area contributed by atoms with E-state index < -0.39 is 5.91 Å². The second kappa shape index (κ2) is 7.74. The summed E-state index contributed by atoms with van der Waals surface area (Å²) in [6.45, 7) is 0.350. The molecule has 1 amide bonds. The van der Waals surface area contributed by atoms with E-state index in [1.165, 1.54) is 16.8 Å². The van der Waals surface area contributed by atoms with E-state index in [0.29, 0.717) is 34.6 Å². The zero-order valence-electron chi connectivity index (χ0n) is 16.4. The highest BCUT2D eigenvalue weighted by Crippen LogP contribution is 2.23. The number of amides is 1. The Morgan fingerprint density at radius 1 is 1.20 bits per heavy atom. The van der Waals surface area contributed by atoms with Gasteiger partial charge in [0.25, 0.3) is 5.95 Å². The average molecular weight is 406 g/mol. The lowest BCUT2D eigenvalue weighted by Crippen LogP contribution is -2.18. The van der Waals surface area contributed by atoms with Crippen molar-refractivity contribution in [2.75, 3.05) is 24.3 Å². The van der Waals surface area contributed by atoms with Crippen molar-refractivity contribution in [1.82, 2.24) is 25.0 Å². The third-order valence-corrected chi connectivity index (χ3v) is 4.50. The second-order valence-electron chi connectivity index (χ2n) is 6.82. The van der Waals surface area contributed by atoms with Gasteiger partial charge in [-0.3, -0.25) is 4.79 Å². The van der Waals surface area contributed by atoms with Gasteiger partial charge < -0.3 is 16.0 Å². The van der Waals surface area contributed by atoms with E-state index in [2.05, 4.69) is 25.6 Å². The number of halogens is 1. The van der Waals surface area contributed by atoms with Crippen LogP contribution in [-0.2, 0) is 6.54 Å². The summed E-state index contributed by atoms with van der Waals surface area (Å²) in [6.07, 6.45) is 1.54. The first-order valence-corrected chi connectivity index (χ1v) is 9.11. The average Bonchev–Trinajstić information content (AvgIpc) is 3.16. The van der Waals surface area contributed by atoms with Gasteiger partial charge in [-0.05, 0) is 29.8 Å². The minimum absolute atomic E-state index is 0.221. The van der Waals surface area contributed by atoms with Gasteiger partial charge >= 0.3 is 0 Å². The van der Waals surface area contributed by atoms with Gasteiger partial charge in [-0.25, -0.2) is 4.39 Å². The number of nitrogens with one attached hydrogen (secondary N) is 1. The number of carbonyl (C=O) groups excluding carboxylic acids is 1. The first-order valence-electron chi connectivity index (χ1n) is 9.11. The van der Waals surface area contributed by atoms with Crippen LogP contribution < -0.4 is 16.0 Å². The van der Waals surface area contributed by atoms with Crippen LogP contribution in [0.5, 0.6) is 0 Å². The third kappa shape index (κ3) is 3.62. The summed E-state index contributed by atoms with van der Waals surface area (Å²) in [5, 5.41) is 16.5. The van der Waals surface area contributed by atoms with Crippen LogP contribution in [0, 0.1) is 5.82 Å². The molecule has 0 aliphatic carbocycles. The molecule has 0 saturated heterocycles. The third-order valence-electron chi connectivity index (χ3n) is 4.50. The first kappa shape index (κ1) is 19.2. The molecule has 2 aromatic carbocycles. The number of fused-ring (bicyclic) bond motifs is 1. The lowest BCUT2D eigenvalue weighted by Gasteiger charge is -2.16. The predicted molar refractivity (Wildman–Crippen MR) is 111 cm³/mol. The Labute approximate surface area is 171 Å². The number of primary amides is 1. The van der Waals surface area contributed by atoms with E-state index in [4.69, 9.17) is 5.73 Å². The van der Waals surface area contributed by atoms with Crippen LogP contribution in [0.15, 0.2) is 48.7 Å². The normalized spacial score (nSPS) is 10.9. The zero-order valence-corrected chi connectivity index (χ0v) is 16.4. The lowest BCUT2D eigenvalue weighted by molar-refractivity contribution is 0.100. The molecule has 3 N–H and O–H groups in total. The maximum atomic E-state index is 13.5. The molecule has 2 aromatic heterocycles.